The predicted molar refractivity (Wildman–Crippen MR) is 14.8 cm³/mol. The Morgan fingerprint density at radius 2 is 2.00 bits per heavy atom. The van der Waals surface area contributed by atoms with E-state index in [9.17, 15) is 4.32 Å². The monoisotopic (exact) mass is 58.0 g/mol. The molecule has 2 radical (unpaired) electrons. The van der Waals surface area contributed by atoms with Crippen LogP contribution in [0.4, 0.5) is 4.32 Å². The first kappa shape index (κ1) is 4.02. The average Bonchev–Trinajstić information content (AvgIpc) is 1.37. The summed E-state index contributed by atoms with van der Waals surface area (Å²) in [6.45, 7) is 0. The van der Waals surface area contributed by atoms with Crippen LogP contribution in [0.2, 0.25) is 0 Å². The molecular formula is HB2FO. The molecule has 0 aromatic carbocycles. The maximum absolute atomic E-state index is 10.3. The Kier molecular flexibility index (Phi) is 3.03. The minimum Gasteiger partial charge on any atom is -0.461 e. The van der Waals surface area contributed by atoms with Crippen molar-refractivity contribution >= 4 is 14.8 Å². The van der Waals surface area contributed by atoms with Gasteiger partial charge >= 0.3 is 7.45 Å². The fraction of sp³-hybridized carbons (Fsp3) is 0. The summed E-state index contributed by atoms with van der Waals surface area (Å²) in [5, 5.41) is 7.32. The molecular weight excluding hydrogens is 56.6 g/mol. The Morgan fingerprint density at radius 1 is 1.75 bits per heavy atom. The van der Waals surface area contributed by atoms with Crippen LogP contribution in [0.15, 0.2) is 0 Å². The van der Waals surface area contributed by atoms with Crippen LogP contribution in [0.3, 0.4) is 0 Å². The lowest BCUT2D eigenvalue weighted by atomic mass is 9.68. The Labute approximate surface area is 25.4 Å². The second-order valence-electron chi connectivity index (χ2n) is 0.275. The molecule has 0 aromatic heterocycles. The first-order valence-electron chi connectivity index (χ1n) is 0.810. The van der Waals surface area contributed by atoms with Crippen molar-refractivity contribution in [2.75, 3.05) is 0 Å². The molecule has 0 heterocycles. The molecule has 0 rings (SSSR count). The van der Waals surface area contributed by atoms with E-state index in [-0.39, 0.29) is 7.45 Å². The van der Waals surface area contributed by atoms with Gasteiger partial charge in [0.15, 0.2) is 0 Å². The van der Waals surface area contributed by atoms with Crippen molar-refractivity contribution in [1.29, 1.82) is 0 Å². The Balaban J connectivity index is 1.97. The first-order chi connectivity index (χ1) is 1.91. The van der Waals surface area contributed by atoms with Crippen LogP contribution < -0.4 is 0 Å². The summed E-state index contributed by atoms with van der Waals surface area (Å²) >= 11 is 0. The van der Waals surface area contributed by atoms with E-state index in [0.717, 1.165) is 0 Å². The molecule has 0 saturated carbocycles. The lowest BCUT2D eigenvalue weighted by Gasteiger charge is -1.56. The molecule has 0 atom stereocenters. The van der Waals surface area contributed by atoms with Gasteiger partial charge in [0.05, 0.1) is 0 Å². The highest BCUT2D eigenvalue weighted by Crippen LogP contribution is 1.43. The normalized spacial score (nSPS) is 5.50. The Bertz CT molecular complexity index is 8.00. The summed E-state index contributed by atoms with van der Waals surface area (Å²) in [4.78, 5) is 0. The molecule has 20 valence electrons. The highest BCUT2D eigenvalue weighted by atomic mass is 19.1. The van der Waals surface area contributed by atoms with Crippen LogP contribution in [-0.4, -0.2) is 19.8 Å². The van der Waals surface area contributed by atoms with Gasteiger partial charge in [-0.3, -0.25) is 0 Å². The molecule has 0 aliphatic heterocycles. The maximum atomic E-state index is 10.3. The number of rotatable bonds is 1. The number of hydrogen-bond donors (Lipinski definition) is 1. The summed E-state index contributed by atoms with van der Waals surface area (Å²) in [5.41, 5.74) is 0. The lowest BCUT2D eigenvalue weighted by Crippen LogP contribution is -1.91. The van der Waals surface area contributed by atoms with E-state index in [4.69, 9.17) is 5.02 Å². The van der Waals surface area contributed by atoms with Crippen LogP contribution >= 0.6 is 0 Å². The molecule has 1 N–H and O–H groups in total. The van der Waals surface area contributed by atoms with Crippen LogP contribution in [0.25, 0.3) is 0 Å². The molecule has 0 unspecified atom stereocenters. The Hall–Kier alpha value is 0.0199. The van der Waals surface area contributed by atoms with Gasteiger partial charge in [-0.15, -0.1) is 0 Å². The second-order valence-corrected chi connectivity index (χ2v) is 0.275. The molecule has 4 heteroatoms. The summed E-state index contributed by atoms with van der Waals surface area (Å²) < 4.78 is 10.3. The third kappa shape index (κ3) is 2.02. The van der Waals surface area contributed by atoms with Gasteiger partial charge in [0, 0.05) is 0 Å². The standard InChI is InChI=1S/B2FHO/c3-1-2-4/h4H. The highest BCUT2D eigenvalue weighted by Gasteiger charge is 1.77. The molecule has 0 amide bonds. The molecule has 0 spiro atoms. The summed E-state index contributed by atoms with van der Waals surface area (Å²) in [5.74, 6) is 0. The van der Waals surface area contributed by atoms with Crippen molar-refractivity contribution in [3.8, 4) is 0 Å². The summed E-state index contributed by atoms with van der Waals surface area (Å²) in [6, 6.07) is 0. The SMILES string of the molecule is O[B][B]F. The van der Waals surface area contributed by atoms with Gasteiger partial charge in [-0.25, -0.2) is 0 Å². The fourth-order valence-electron chi connectivity index (χ4n) is 0. The maximum Gasteiger partial charge on any atom is 0.342 e. The van der Waals surface area contributed by atoms with E-state index < -0.39 is 0 Å². The van der Waals surface area contributed by atoms with E-state index in [1.165, 1.54) is 0 Å². The van der Waals surface area contributed by atoms with Crippen LogP contribution in [0.5, 0.6) is 0 Å². The summed E-state index contributed by atoms with van der Waals surface area (Å²) in [7, 11) is 0.389. The Morgan fingerprint density at radius 3 is 2.00 bits per heavy atom. The fourth-order valence-corrected chi connectivity index (χ4v) is 0. The second kappa shape index (κ2) is 3.02. The van der Waals surface area contributed by atoms with Gasteiger partial charge in [-0.05, 0) is 0 Å². The van der Waals surface area contributed by atoms with Gasteiger partial charge in [0.1, 0.15) is 0 Å². The number of hydrogen-bond acceptors (Lipinski definition) is 1. The first-order valence-corrected chi connectivity index (χ1v) is 0.810. The van der Waals surface area contributed by atoms with Crippen molar-refractivity contribution in [2.45, 2.75) is 0 Å². The molecule has 0 bridgehead atoms. The van der Waals surface area contributed by atoms with E-state index >= 15 is 0 Å². The topological polar surface area (TPSA) is 20.2 Å². The minimum atomic E-state index is 0.0556. The zero-order valence-electron chi connectivity index (χ0n) is 1.98. The van der Waals surface area contributed by atoms with Gasteiger partial charge in [-0.2, -0.15) is 0 Å². The molecule has 4 heavy (non-hydrogen) atoms. The zero-order chi connectivity index (χ0) is 3.41. The lowest BCUT2D eigenvalue weighted by molar-refractivity contribution is 0.616. The molecule has 0 fully saturated rings. The molecule has 0 aliphatic rings. The van der Waals surface area contributed by atoms with Crippen molar-refractivity contribution in [3.05, 3.63) is 0 Å². The van der Waals surface area contributed by atoms with Crippen LogP contribution in [-0.2, 0) is 0 Å². The van der Waals surface area contributed by atoms with Crippen LogP contribution in [0.1, 0.15) is 0 Å². The quantitative estimate of drug-likeness (QED) is 0.387. The molecule has 1 nitrogen and oxygen atoms in total. The van der Waals surface area contributed by atoms with Crippen molar-refractivity contribution in [2.24, 2.45) is 0 Å². The minimum absolute atomic E-state index is 0.0556. The number of halogens is 1. The summed E-state index contributed by atoms with van der Waals surface area (Å²) in [6.07, 6.45) is 0. The van der Waals surface area contributed by atoms with E-state index in [1.807, 2.05) is 0 Å². The third-order valence-electron chi connectivity index (χ3n) is 0.0563. The smallest absolute Gasteiger partial charge is 0.342 e. The van der Waals surface area contributed by atoms with Crippen LogP contribution in [0, 0.1) is 0 Å². The zero-order valence-corrected chi connectivity index (χ0v) is 1.98. The molecule has 0 aliphatic carbocycles. The van der Waals surface area contributed by atoms with Gasteiger partial charge in [-0.1, -0.05) is 0 Å². The van der Waals surface area contributed by atoms with Gasteiger partial charge in [0.2, 0.25) is 0 Å². The van der Waals surface area contributed by atoms with Crippen molar-refractivity contribution in [3.63, 3.8) is 0 Å². The largest absolute Gasteiger partial charge is 0.461 e. The third-order valence-corrected chi connectivity index (χ3v) is 0.0563. The predicted octanol–water partition coefficient (Wildman–Crippen LogP) is -0.898. The average molecular weight is 57.6 g/mol. The van der Waals surface area contributed by atoms with E-state index in [0.29, 0.717) is 7.37 Å². The highest BCUT2D eigenvalue weighted by molar-refractivity contribution is 6.92. The van der Waals surface area contributed by atoms with Gasteiger partial charge < -0.3 is 9.34 Å². The van der Waals surface area contributed by atoms with E-state index in [1.54, 1.807) is 0 Å². The van der Waals surface area contributed by atoms with E-state index in [2.05, 4.69) is 0 Å². The van der Waals surface area contributed by atoms with Crippen molar-refractivity contribution < 1.29 is 9.34 Å². The molecule has 0 aromatic rings. The van der Waals surface area contributed by atoms with Crippen molar-refractivity contribution in [1.82, 2.24) is 0 Å². The molecule has 0 saturated heterocycles. The van der Waals surface area contributed by atoms with Gasteiger partial charge in [0.25, 0.3) is 7.37 Å².